The molecular formula is C17H19F2NO. The number of rotatable bonds is 5. The SMILES string of the molecule is Cc1cc(F)c(NCc2ccc(OC(C)C)cc2)cc1F. The first kappa shape index (κ1) is 15.3. The molecule has 0 bridgehead atoms. The van der Waals surface area contributed by atoms with Crippen molar-refractivity contribution in [2.75, 3.05) is 5.32 Å². The van der Waals surface area contributed by atoms with Gasteiger partial charge in [-0.05, 0) is 50.1 Å². The molecule has 2 aromatic rings. The number of aryl methyl sites for hydroxylation is 1. The van der Waals surface area contributed by atoms with E-state index in [-0.39, 0.29) is 11.8 Å². The first-order valence-corrected chi connectivity index (χ1v) is 6.91. The Morgan fingerprint density at radius 3 is 2.33 bits per heavy atom. The number of ether oxygens (including phenoxy) is 1. The van der Waals surface area contributed by atoms with Gasteiger partial charge in [-0.2, -0.15) is 0 Å². The van der Waals surface area contributed by atoms with E-state index in [1.807, 2.05) is 38.1 Å². The normalized spacial score (nSPS) is 10.8. The van der Waals surface area contributed by atoms with Gasteiger partial charge >= 0.3 is 0 Å². The van der Waals surface area contributed by atoms with Crippen molar-refractivity contribution in [3.05, 3.63) is 59.2 Å². The molecule has 0 heterocycles. The molecule has 0 atom stereocenters. The number of halogens is 2. The number of hydrogen-bond donors (Lipinski definition) is 1. The third-order valence-corrected chi connectivity index (χ3v) is 3.03. The highest BCUT2D eigenvalue weighted by Gasteiger charge is 2.07. The highest BCUT2D eigenvalue weighted by molar-refractivity contribution is 5.47. The summed E-state index contributed by atoms with van der Waals surface area (Å²) in [5.41, 5.74) is 1.43. The van der Waals surface area contributed by atoms with Gasteiger partial charge in [0.05, 0.1) is 11.8 Å². The molecule has 2 nitrogen and oxygen atoms in total. The summed E-state index contributed by atoms with van der Waals surface area (Å²) in [4.78, 5) is 0. The van der Waals surface area contributed by atoms with Crippen LogP contribution in [0.4, 0.5) is 14.5 Å². The molecule has 0 aromatic heterocycles. The average molecular weight is 291 g/mol. The van der Waals surface area contributed by atoms with E-state index in [0.717, 1.165) is 11.3 Å². The predicted octanol–water partition coefficient (Wildman–Crippen LogP) is 4.67. The van der Waals surface area contributed by atoms with E-state index in [2.05, 4.69) is 5.32 Å². The molecule has 0 saturated carbocycles. The van der Waals surface area contributed by atoms with Crippen LogP contribution in [0.2, 0.25) is 0 Å². The van der Waals surface area contributed by atoms with Crippen molar-refractivity contribution in [1.82, 2.24) is 0 Å². The summed E-state index contributed by atoms with van der Waals surface area (Å²) in [7, 11) is 0. The third kappa shape index (κ3) is 4.18. The molecule has 0 aliphatic rings. The number of hydrogen-bond acceptors (Lipinski definition) is 2. The molecule has 0 aliphatic heterocycles. The minimum atomic E-state index is -0.450. The maximum Gasteiger partial charge on any atom is 0.146 e. The van der Waals surface area contributed by atoms with Crippen LogP contribution >= 0.6 is 0 Å². The Morgan fingerprint density at radius 1 is 1.05 bits per heavy atom. The summed E-state index contributed by atoms with van der Waals surface area (Å²) in [6.45, 7) is 5.88. The van der Waals surface area contributed by atoms with E-state index >= 15 is 0 Å². The van der Waals surface area contributed by atoms with E-state index < -0.39 is 11.6 Å². The Bertz CT molecular complexity index is 609. The zero-order valence-electron chi connectivity index (χ0n) is 12.4. The predicted molar refractivity (Wildman–Crippen MR) is 80.6 cm³/mol. The highest BCUT2D eigenvalue weighted by Crippen LogP contribution is 2.20. The Hall–Kier alpha value is -2.10. The Morgan fingerprint density at radius 2 is 1.71 bits per heavy atom. The van der Waals surface area contributed by atoms with E-state index in [4.69, 9.17) is 4.74 Å². The number of benzene rings is 2. The zero-order valence-corrected chi connectivity index (χ0v) is 12.4. The molecule has 0 spiro atoms. The maximum absolute atomic E-state index is 13.7. The molecule has 4 heteroatoms. The van der Waals surface area contributed by atoms with Crippen LogP contribution in [0.3, 0.4) is 0 Å². The fraction of sp³-hybridized carbons (Fsp3) is 0.294. The van der Waals surface area contributed by atoms with Crippen molar-refractivity contribution in [1.29, 1.82) is 0 Å². The lowest BCUT2D eigenvalue weighted by Crippen LogP contribution is -2.06. The quantitative estimate of drug-likeness (QED) is 0.864. The molecule has 0 unspecified atom stereocenters. The smallest absolute Gasteiger partial charge is 0.146 e. The van der Waals surface area contributed by atoms with Gasteiger partial charge in [-0.15, -0.1) is 0 Å². The maximum atomic E-state index is 13.7. The summed E-state index contributed by atoms with van der Waals surface area (Å²) in [5, 5.41) is 2.90. The van der Waals surface area contributed by atoms with Crippen molar-refractivity contribution in [3.8, 4) is 5.75 Å². The second kappa shape index (κ2) is 6.57. The second-order valence-corrected chi connectivity index (χ2v) is 5.25. The molecule has 0 fully saturated rings. The first-order chi connectivity index (χ1) is 9.95. The Labute approximate surface area is 123 Å². The van der Waals surface area contributed by atoms with Crippen LogP contribution in [0.15, 0.2) is 36.4 Å². The number of anilines is 1. The van der Waals surface area contributed by atoms with Crippen LogP contribution in [0.1, 0.15) is 25.0 Å². The van der Waals surface area contributed by atoms with Crippen LogP contribution in [0.5, 0.6) is 5.75 Å². The minimum Gasteiger partial charge on any atom is -0.491 e. The van der Waals surface area contributed by atoms with Gasteiger partial charge in [0, 0.05) is 12.6 Å². The van der Waals surface area contributed by atoms with Gasteiger partial charge in [0.25, 0.3) is 0 Å². The molecule has 1 N–H and O–H groups in total. The monoisotopic (exact) mass is 291 g/mol. The van der Waals surface area contributed by atoms with Crippen molar-refractivity contribution in [2.45, 2.75) is 33.4 Å². The topological polar surface area (TPSA) is 21.3 Å². The van der Waals surface area contributed by atoms with E-state index in [0.29, 0.717) is 12.1 Å². The molecule has 112 valence electrons. The summed E-state index contributed by atoms with van der Waals surface area (Å²) >= 11 is 0. The standard InChI is InChI=1S/C17H19F2NO/c1-11(2)21-14-6-4-13(5-7-14)10-20-17-9-15(18)12(3)8-16(17)19/h4-9,11,20H,10H2,1-3H3. The molecule has 0 saturated heterocycles. The molecule has 2 aromatic carbocycles. The van der Waals surface area contributed by atoms with E-state index in [9.17, 15) is 8.78 Å². The molecule has 0 amide bonds. The van der Waals surface area contributed by atoms with Crippen molar-refractivity contribution >= 4 is 5.69 Å². The van der Waals surface area contributed by atoms with Gasteiger partial charge in [-0.3, -0.25) is 0 Å². The summed E-state index contributed by atoms with van der Waals surface area (Å²) in [6, 6.07) is 9.89. The second-order valence-electron chi connectivity index (χ2n) is 5.25. The van der Waals surface area contributed by atoms with Crippen molar-refractivity contribution in [2.24, 2.45) is 0 Å². The van der Waals surface area contributed by atoms with Crippen LogP contribution in [-0.2, 0) is 6.54 Å². The summed E-state index contributed by atoms with van der Waals surface area (Å²) < 4.78 is 32.7. The minimum absolute atomic E-state index is 0.124. The van der Waals surface area contributed by atoms with Gasteiger partial charge in [0.2, 0.25) is 0 Å². The van der Waals surface area contributed by atoms with Gasteiger partial charge < -0.3 is 10.1 Å². The molecule has 0 radical (unpaired) electrons. The lowest BCUT2D eigenvalue weighted by atomic mass is 10.2. The van der Waals surface area contributed by atoms with Crippen molar-refractivity contribution in [3.63, 3.8) is 0 Å². The highest BCUT2D eigenvalue weighted by atomic mass is 19.1. The summed E-state index contributed by atoms with van der Waals surface area (Å²) in [6.07, 6.45) is 0.124. The number of nitrogens with one attached hydrogen (secondary N) is 1. The van der Waals surface area contributed by atoms with Crippen LogP contribution in [-0.4, -0.2) is 6.10 Å². The fourth-order valence-corrected chi connectivity index (χ4v) is 1.94. The van der Waals surface area contributed by atoms with Gasteiger partial charge in [0.15, 0.2) is 0 Å². The first-order valence-electron chi connectivity index (χ1n) is 6.91. The molecular weight excluding hydrogens is 272 g/mol. The van der Waals surface area contributed by atoms with Gasteiger partial charge in [-0.1, -0.05) is 12.1 Å². The largest absolute Gasteiger partial charge is 0.491 e. The molecule has 2 rings (SSSR count). The zero-order chi connectivity index (χ0) is 15.4. The Balaban J connectivity index is 2.01. The van der Waals surface area contributed by atoms with Crippen LogP contribution < -0.4 is 10.1 Å². The van der Waals surface area contributed by atoms with Gasteiger partial charge in [0.1, 0.15) is 17.4 Å². The lowest BCUT2D eigenvalue weighted by Gasteiger charge is -2.11. The third-order valence-electron chi connectivity index (χ3n) is 3.03. The summed E-state index contributed by atoms with van der Waals surface area (Å²) in [5.74, 6) is -0.0745. The average Bonchev–Trinajstić information content (AvgIpc) is 2.42. The lowest BCUT2D eigenvalue weighted by molar-refractivity contribution is 0.242. The van der Waals surface area contributed by atoms with E-state index in [1.54, 1.807) is 0 Å². The molecule has 0 aliphatic carbocycles. The van der Waals surface area contributed by atoms with Crippen LogP contribution in [0, 0.1) is 18.6 Å². The van der Waals surface area contributed by atoms with Crippen LogP contribution in [0.25, 0.3) is 0 Å². The van der Waals surface area contributed by atoms with Gasteiger partial charge in [-0.25, -0.2) is 8.78 Å². The fourth-order valence-electron chi connectivity index (χ4n) is 1.94. The van der Waals surface area contributed by atoms with E-state index in [1.165, 1.54) is 19.1 Å². The Kier molecular flexibility index (Phi) is 4.78. The molecule has 21 heavy (non-hydrogen) atoms. The van der Waals surface area contributed by atoms with Crippen molar-refractivity contribution < 1.29 is 13.5 Å².